The summed E-state index contributed by atoms with van der Waals surface area (Å²) >= 11 is 5.82. The zero-order chi connectivity index (χ0) is 16.5. The van der Waals surface area contributed by atoms with E-state index in [0.717, 1.165) is 6.42 Å². The molecule has 0 unspecified atom stereocenters. The van der Waals surface area contributed by atoms with Crippen LogP contribution in [-0.2, 0) is 4.74 Å². The molecule has 0 saturated carbocycles. The Labute approximate surface area is 135 Å². The number of hydrogen-bond donors (Lipinski definition) is 1. The second-order valence-electron chi connectivity index (χ2n) is 6.52. The van der Waals surface area contributed by atoms with Gasteiger partial charge < -0.3 is 19.5 Å². The van der Waals surface area contributed by atoms with Crippen molar-refractivity contribution in [2.75, 3.05) is 20.1 Å². The van der Waals surface area contributed by atoms with Gasteiger partial charge in [0, 0.05) is 26.3 Å². The Morgan fingerprint density at radius 3 is 2.68 bits per heavy atom. The monoisotopic (exact) mass is 327 g/mol. The number of H-pyrrole nitrogens is 1. The fourth-order valence-electron chi connectivity index (χ4n) is 2.39. The van der Waals surface area contributed by atoms with Crippen LogP contribution in [0, 0.1) is 0 Å². The summed E-state index contributed by atoms with van der Waals surface area (Å²) in [6, 6.07) is 1.57. The first-order valence-electron chi connectivity index (χ1n) is 7.26. The van der Waals surface area contributed by atoms with E-state index in [-0.39, 0.29) is 18.0 Å². The number of halogens is 1. The highest BCUT2D eigenvalue weighted by Gasteiger charge is 2.33. The van der Waals surface area contributed by atoms with Gasteiger partial charge in [-0.25, -0.2) is 4.79 Å². The fourth-order valence-corrected chi connectivity index (χ4v) is 2.55. The molecule has 1 atom stereocenters. The van der Waals surface area contributed by atoms with Crippen LogP contribution in [0.4, 0.5) is 4.79 Å². The van der Waals surface area contributed by atoms with Crippen molar-refractivity contribution in [2.45, 2.75) is 38.8 Å². The van der Waals surface area contributed by atoms with Crippen LogP contribution in [0.3, 0.4) is 0 Å². The topological polar surface area (TPSA) is 65.6 Å². The van der Waals surface area contributed by atoms with Gasteiger partial charge in [-0.3, -0.25) is 4.79 Å². The van der Waals surface area contributed by atoms with Gasteiger partial charge in [0.15, 0.2) is 0 Å². The van der Waals surface area contributed by atoms with Gasteiger partial charge in [0.25, 0.3) is 5.91 Å². The largest absolute Gasteiger partial charge is 0.444 e. The van der Waals surface area contributed by atoms with Crippen LogP contribution in [0.2, 0.25) is 5.02 Å². The summed E-state index contributed by atoms with van der Waals surface area (Å²) in [5.74, 6) is -0.105. The van der Waals surface area contributed by atoms with E-state index in [0.29, 0.717) is 23.8 Å². The Balaban J connectivity index is 1.94. The Morgan fingerprint density at radius 2 is 2.14 bits per heavy atom. The van der Waals surface area contributed by atoms with Crippen molar-refractivity contribution in [2.24, 2.45) is 0 Å². The molecule has 2 heterocycles. The van der Waals surface area contributed by atoms with Gasteiger partial charge >= 0.3 is 6.09 Å². The smallest absolute Gasteiger partial charge is 0.410 e. The SMILES string of the molecule is CN(C(=O)OC(C)(C)C)[C@H]1CCN(C(=O)c2cc(Cl)c[nH]2)C1. The molecule has 1 aliphatic heterocycles. The first-order valence-corrected chi connectivity index (χ1v) is 7.64. The van der Waals surface area contributed by atoms with E-state index in [1.807, 2.05) is 20.8 Å². The normalized spacial score (nSPS) is 18.4. The number of rotatable bonds is 2. The molecule has 2 rings (SSSR count). The van der Waals surface area contributed by atoms with Crippen molar-refractivity contribution in [3.63, 3.8) is 0 Å². The Bertz CT molecular complexity index is 565. The van der Waals surface area contributed by atoms with Crippen molar-refractivity contribution < 1.29 is 14.3 Å². The Morgan fingerprint density at radius 1 is 1.45 bits per heavy atom. The van der Waals surface area contributed by atoms with Crippen LogP contribution in [0.5, 0.6) is 0 Å². The number of carbonyl (C=O) groups is 2. The number of hydrogen-bond acceptors (Lipinski definition) is 3. The summed E-state index contributed by atoms with van der Waals surface area (Å²) in [6.45, 7) is 6.59. The Hall–Kier alpha value is -1.69. The lowest BCUT2D eigenvalue weighted by Crippen LogP contribution is -2.42. The third-order valence-corrected chi connectivity index (χ3v) is 3.78. The zero-order valence-electron chi connectivity index (χ0n) is 13.4. The molecule has 0 aliphatic carbocycles. The molecule has 0 aromatic carbocycles. The maximum atomic E-state index is 12.3. The van der Waals surface area contributed by atoms with Crippen LogP contribution < -0.4 is 0 Å². The van der Waals surface area contributed by atoms with Crippen molar-refractivity contribution in [3.8, 4) is 0 Å². The highest BCUT2D eigenvalue weighted by atomic mass is 35.5. The predicted octanol–water partition coefficient (Wildman–Crippen LogP) is 2.75. The first-order chi connectivity index (χ1) is 10.2. The molecule has 1 saturated heterocycles. The molecule has 1 aromatic heterocycles. The molecule has 6 nitrogen and oxygen atoms in total. The molecule has 1 aromatic rings. The summed E-state index contributed by atoms with van der Waals surface area (Å²) in [4.78, 5) is 30.5. The predicted molar refractivity (Wildman–Crippen MR) is 84.1 cm³/mol. The van der Waals surface area contributed by atoms with E-state index in [2.05, 4.69) is 4.98 Å². The number of nitrogens with one attached hydrogen (secondary N) is 1. The lowest BCUT2D eigenvalue weighted by molar-refractivity contribution is 0.0226. The minimum absolute atomic E-state index is 0.0377. The van der Waals surface area contributed by atoms with Crippen LogP contribution >= 0.6 is 11.6 Å². The van der Waals surface area contributed by atoms with Crippen LogP contribution in [0.15, 0.2) is 12.3 Å². The highest BCUT2D eigenvalue weighted by Crippen LogP contribution is 2.20. The van der Waals surface area contributed by atoms with E-state index in [9.17, 15) is 9.59 Å². The molecule has 2 amide bonds. The lowest BCUT2D eigenvalue weighted by atomic mass is 10.2. The molecule has 0 spiro atoms. The number of nitrogens with zero attached hydrogens (tertiary/aromatic N) is 2. The minimum atomic E-state index is -0.527. The van der Waals surface area contributed by atoms with Gasteiger partial charge in [0.2, 0.25) is 0 Å². The Kier molecular flexibility index (Phi) is 4.70. The lowest BCUT2D eigenvalue weighted by Gasteiger charge is -2.28. The zero-order valence-corrected chi connectivity index (χ0v) is 14.1. The number of likely N-dealkylation sites (N-methyl/N-ethyl adjacent to an activating group) is 1. The number of likely N-dealkylation sites (tertiary alicyclic amines) is 1. The molecule has 0 bridgehead atoms. The quantitative estimate of drug-likeness (QED) is 0.908. The number of amides is 2. The highest BCUT2D eigenvalue weighted by molar-refractivity contribution is 6.30. The van der Waals surface area contributed by atoms with E-state index < -0.39 is 5.60 Å². The van der Waals surface area contributed by atoms with E-state index >= 15 is 0 Å². The molecule has 0 radical (unpaired) electrons. The fraction of sp³-hybridized carbons (Fsp3) is 0.600. The summed E-state index contributed by atoms with van der Waals surface area (Å²) in [5.41, 5.74) is -0.0638. The maximum absolute atomic E-state index is 12.3. The molecule has 122 valence electrons. The molecule has 1 fully saturated rings. The van der Waals surface area contributed by atoms with Gasteiger partial charge in [0.1, 0.15) is 11.3 Å². The average molecular weight is 328 g/mol. The first kappa shape index (κ1) is 16.7. The third-order valence-electron chi connectivity index (χ3n) is 3.56. The summed E-state index contributed by atoms with van der Waals surface area (Å²) in [6.07, 6.45) is 1.94. The molecular formula is C15H22ClN3O3. The number of aromatic nitrogens is 1. The molecule has 7 heteroatoms. The van der Waals surface area contributed by atoms with Crippen LogP contribution in [-0.4, -0.2) is 58.6 Å². The van der Waals surface area contributed by atoms with Gasteiger partial charge in [-0.05, 0) is 33.3 Å². The molecular weight excluding hydrogens is 306 g/mol. The summed E-state index contributed by atoms with van der Waals surface area (Å²) in [5, 5.41) is 0.505. The maximum Gasteiger partial charge on any atom is 0.410 e. The summed E-state index contributed by atoms with van der Waals surface area (Å²) in [7, 11) is 1.71. The van der Waals surface area contributed by atoms with Crippen molar-refractivity contribution >= 4 is 23.6 Å². The van der Waals surface area contributed by atoms with E-state index in [1.165, 1.54) is 0 Å². The van der Waals surface area contributed by atoms with Crippen molar-refractivity contribution in [3.05, 3.63) is 23.0 Å². The minimum Gasteiger partial charge on any atom is -0.444 e. The van der Waals surface area contributed by atoms with Crippen molar-refractivity contribution in [1.82, 2.24) is 14.8 Å². The number of carbonyl (C=O) groups excluding carboxylic acids is 2. The van der Waals surface area contributed by atoms with Crippen LogP contribution in [0.25, 0.3) is 0 Å². The molecule has 1 aliphatic rings. The second kappa shape index (κ2) is 6.20. The van der Waals surface area contributed by atoms with E-state index in [1.54, 1.807) is 29.1 Å². The molecule has 1 N–H and O–H groups in total. The van der Waals surface area contributed by atoms with Crippen LogP contribution in [0.1, 0.15) is 37.7 Å². The summed E-state index contributed by atoms with van der Waals surface area (Å²) < 4.78 is 5.36. The van der Waals surface area contributed by atoms with E-state index in [4.69, 9.17) is 16.3 Å². The second-order valence-corrected chi connectivity index (χ2v) is 6.95. The van der Waals surface area contributed by atoms with Gasteiger partial charge in [0.05, 0.1) is 11.1 Å². The van der Waals surface area contributed by atoms with Gasteiger partial charge in [-0.2, -0.15) is 0 Å². The molecule has 22 heavy (non-hydrogen) atoms. The van der Waals surface area contributed by atoms with Gasteiger partial charge in [-0.15, -0.1) is 0 Å². The standard InChI is InChI=1S/C15H22ClN3O3/c1-15(2,3)22-14(21)18(4)11-5-6-19(9-11)13(20)12-7-10(16)8-17-12/h7-8,11,17H,5-6,9H2,1-4H3/t11-/m0/s1. The number of ether oxygens (including phenoxy) is 1. The third kappa shape index (κ3) is 3.94. The van der Waals surface area contributed by atoms with Gasteiger partial charge in [-0.1, -0.05) is 11.6 Å². The number of aromatic amines is 1. The van der Waals surface area contributed by atoms with Crippen molar-refractivity contribution in [1.29, 1.82) is 0 Å². The average Bonchev–Trinajstić information content (AvgIpc) is 3.03.